The minimum atomic E-state index is 0.0201. The van der Waals surface area contributed by atoms with Gasteiger partial charge in [-0.25, -0.2) is 9.97 Å². The van der Waals surface area contributed by atoms with E-state index in [0.29, 0.717) is 0 Å². The molecule has 2 aliphatic rings. The number of rotatable bonds is 3. The van der Waals surface area contributed by atoms with E-state index in [1.54, 1.807) is 0 Å². The number of nitrogens with zero attached hydrogens (tertiary/aromatic N) is 3. The largest absolute Gasteiger partial charge is 0.373 e. The summed E-state index contributed by atoms with van der Waals surface area (Å²) in [5.74, 6) is 1.85. The van der Waals surface area contributed by atoms with Crippen LogP contribution in [0.4, 0.5) is 5.82 Å². The molecular weight excluding hydrogens is 240 g/mol. The zero-order valence-corrected chi connectivity index (χ0v) is 11.8. The summed E-state index contributed by atoms with van der Waals surface area (Å²) >= 11 is 0. The van der Waals surface area contributed by atoms with E-state index in [-0.39, 0.29) is 6.10 Å². The van der Waals surface area contributed by atoms with Crippen molar-refractivity contribution in [1.82, 2.24) is 14.9 Å². The minimum absolute atomic E-state index is 0.0201. The molecule has 19 heavy (non-hydrogen) atoms. The lowest BCUT2D eigenvalue weighted by atomic mass is 10.2. The van der Waals surface area contributed by atoms with Gasteiger partial charge >= 0.3 is 0 Å². The Morgan fingerprint density at radius 3 is 3.05 bits per heavy atom. The lowest BCUT2D eigenvalue weighted by Crippen LogP contribution is -2.38. The smallest absolute Gasteiger partial charge is 0.161 e. The molecule has 1 saturated heterocycles. The van der Waals surface area contributed by atoms with Crippen molar-refractivity contribution in [1.29, 1.82) is 0 Å². The second-order valence-electron chi connectivity index (χ2n) is 5.21. The molecule has 104 valence electrons. The summed E-state index contributed by atoms with van der Waals surface area (Å²) in [6.45, 7) is 5.93. The molecule has 1 atom stereocenters. The molecule has 5 nitrogen and oxygen atoms in total. The number of aromatic nitrogens is 2. The first kappa shape index (κ1) is 12.8. The standard InChI is InChI=1S/C14H22N4O/c1-3-18-7-8-19-12(9-18)14-16-11-6-4-5-10(11)13(15-2)17-14/h12H,3-9H2,1-2H3,(H,15,16,17). The van der Waals surface area contributed by atoms with E-state index in [1.165, 1.54) is 17.7 Å². The zero-order valence-electron chi connectivity index (χ0n) is 11.8. The maximum Gasteiger partial charge on any atom is 0.161 e. The second kappa shape index (κ2) is 5.43. The molecule has 1 N–H and O–H groups in total. The van der Waals surface area contributed by atoms with Crippen molar-refractivity contribution in [3.8, 4) is 0 Å². The highest BCUT2D eigenvalue weighted by Gasteiger charge is 2.26. The zero-order chi connectivity index (χ0) is 13.2. The van der Waals surface area contributed by atoms with Gasteiger partial charge in [0, 0.05) is 31.4 Å². The Morgan fingerprint density at radius 1 is 1.37 bits per heavy atom. The number of hydrogen-bond donors (Lipinski definition) is 1. The van der Waals surface area contributed by atoms with Gasteiger partial charge < -0.3 is 10.1 Å². The van der Waals surface area contributed by atoms with Gasteiger partial charge in [0.15, 0.2) is 5.82 Å². The van der Waals surface area contributed by atoms with Crippen LogP contribution in [0.15, 0.2) is 0 Å². The number of likely N-dealkylation sites (N-methyl/N-ethyl adjacent to an activating group) is 1. The fourth-order valence-electron chi connectivity index (χ4n) is 2.95. The first-order chi connectivity index (χ1) is 9.31. The van der Waals surface area contributed by atoms with Gasteiger partial charge in [0.2, 0.25) is 0 Å². The predicted octanol–water partition coefficient (Wildman–Crippen LogP) is 1.40. The second-order valence-corrected chi connectivity index (χ2v) is 5.21. The van der Waals surface area contributed by atoms with Crippen molar-refractivity contribution in [2.24, 2.45) is 0 Å². The van der Waals surface area contributed by atoms with Gasteiger partial charge in [0.25, 0.3) is 0 Å². The molecule has 1 unspecified atom stereocenters. The molecule has 1 aliphatic carbocycles. The average Bonchev–Trinajstić information content (AvgIpc) is 2.94. The molecule has 0 bridgehead atoms. The van der Waals surface area contributed by atoms with E-state index in [9.17, 15) is 0 Å². The normalized spacial score (nSPS) is 23.4. The highest BCUT2D eigenvalue weighted by atomic mass is 16.5. The molecule has 0 amide bonds. The molecule has 1 aromatic rings. The first-order valence-corrected chi connectivity index (χ1v) is 7.23. The molecule has 0 radical (unpaired) electrons. The van der Waals surface area contributed by atoms with Crippen LogP contribution in [-0.4, -0.2) is 48.2 Å². The van der Waals surface area contributed by atoms with Crippen molar-refractivity contribution >= 4 is 5.82 Å². The SMILES string of the molecule is CCN1CCOC(c2nc3c(c(NC)n2)CCC3)C1. The summed E-state index contributed by atoms with van der Waals surface area (Å²) in [7, 11) is 1.94. The molecule has 0 saturated carbocycles. The van der Waals surface area contributed by atoms with E-state index in [1.807, 2.05) is 7.05 Å². The van der Waals surface area contributed by atoms with Crippen LogP contribution in [-0.2, 0) is 17.6 Å². The fourth-order valence-corrected chi connectivity index (χ4v) is 2.95. The summed E-state index contributed by atoms with van der Waals surface area (Å²) in [5, 5.41) is 3.21. The van der Waals surface area contributed by atoms with E-state index in [4.69, 9.17) is 9.72 Å². The third-order valence-electron chi connectivity index (χ3n) is 4.07. The Labute approximate surface area is 114 Å². The van der Waals surface area contributed by atoms with Gasteiger partial charge in [-0.05, 0) is 25.8 Å². The molecule has 1 fully saturated rings. The molecule has 0 aromatic carbocycles. The van der Waals surface area contributed by atoms with E-state index >= 15 is 0 Å². The molecule has 1 aliphatic heterocycles. The fraction of sp³-hybridized carbons (Fsp3) is 0.714. The van der Waals surface area contributed by atoms with Gasteiger partial charge in [0.05, 0.1) is 6.61 Å². The Morgan fingerprint density at radius 2 is 2.26 bits per heavy atom. The molecule has 2 heterocycles. The van der Waals surface area contributed by atoms with Crippen molar-refractivity contribution in [2.75, 3.05) is 38.6 Å². The summed E-state index contributed by atoms with van der Waals surface area (Å²) in [6.07, 6.45) is 3.38. The van der Waals surface area contributed by atoms with Gasteiger partial charge in [-0.3, -0.25) is 4.90 Å². The van der Waals surface area contributed by atoms with Gasteiger partial charge in [-0.2, -0.15) is 0 Å². The van der Waals surface area contributed by atoms with Crippen LogP contribution in [0.25, 0.3) is 0 Å². The Bertz CT molecular complexity index is 463. The number of aryl methyl sites for hydroxylation is 1. The van der Waals surface area contributed by atoms with E-state index in [2.05, 4.69) is 22.1 Å². The van der Waals surface area contributed by atoms with E-state index in [0.717, 1.165) is 50.7 Å². The lowest BCUT2D eigenvalue weighted by Gasteiger charge is -2.31. The van der Waals surface area contributed by atoms with Crippen LogP contribution < -0.4 is 5.32 Å². The number of anilines is 1. The summed E-state index contributed by atoms with van der Waals surface area (Å²) in [5.41, 5.74) is 2.51. The van der Waals surface area contributed by atoms with Crippen LogP contribution in [0.5, 0.6) is 0 Å². The van der Waals surface area contributed by atoms with Gasteiger partial charge in [-0.15, -0.1) is 0 Å². The number of fused-ring (bicyclic) bond motifs is 1. The average molecular weight is 262 g/mol. The predicted molar refractivity (Wildman–Crippen MR) is 74.4 cm³/mol. The number of hydrogen-bond acceptors (Lipinski definition) is 5. The Balaban J connectivity index is 1.88. The van der Waals surface area contributed by atoms with Crippen molar-refractivity contribution < 1.29 is 4.74 Å². The highest BCUT2D eigenvalue weighted by molar-refractivity contribution is 5.48. The van der Waals surface area contributed by atoms with Gasteiger partial charge in [0.1, 0.15) is 11.9 Å². The van der Waals surface area contributed by atoms with E-state index < -0.39 is 0 Å². The highest BCUT2D eigenvalue weighted by Crippen LogP contribution is 2.29. The molecule has 3 rings (SSSR count). The van der Waals surface area contributed by atoms with Crippen molar-refractivity contribution in [2.45, 2.75) is 32.3 Å². The van der Waals surface area contributed by atoms with Crippen LogP contribution in [0.2, 0.25) is 0 Å². The number of nitrogens with one attached hydrogen (secondary N) is 1. The Hall–Kier alpha value is -1.20. The summed E-state index contributed by atoms with van der Waals surface area (Å²) in [6, 6.07) is 0. The minimum Gasteiger partial charge on any atom is -0.373 e. The third-order valence-corrected chi connectivity index (χ3v) is 4.07. The summed E-state index contributed by atoms with van der Waals surface area (Å²) in [4.78, 5) is 11.8. The quantitative estimate of drug-likeness (QED) is 0.892. The maximum absolute atomic E-state index is 5.86. The molecule has 1 aromatic heterocycles. The number of ether oxygens (including phenoxy) is 1. The monoisotopic (exact) mass is 262 g/mol. The topological polar surface area (TPSA) is 50.3 Å². The van der Waals surface area contributed by atoms with Crippen LogP contribution in [0.3, 0.4) is 0 Å². The van der Waals surface area contributed by atoms with Crippen molar-refractivity contribution in [3.63, 3.8) is 0 Å². The molecule has 0 spiro atoms. The van der Waals surface area contributed by atoms with Crippen LogP contribution >= 0.6 is 0 Å². The maximum atomic E-state index is 5.86. The van der Waals surface area contributed by atoms with Crippen LogP contribution in [0.1, 0.15) is 36.5 Å². The Kier molecular flexibility index (Phi) is 3.66. The third kappa shape index (κ3) is 2.44. The van der Waals surface area contributed by atoms with Crippen molar-refractivity contribution in [3.05, 3.63) is 17.1 Å². The summed E-state index contributed by atoms with van der Waals surface area (Å²) < 4.78 is 5.86. The molecule has 5 heteroatoms. The lowest BCUT2D eigenvalue weighted by molar-refractivity contribution is -0.0326. The first-order valence-electron chi connectivity index (χ1n) is 7.23. The number of morpholine rings is 1. The molecular formula is C14H22N4O. The van der Waals surface area contributed by atoms with Crippen LogP contribution in [0, 0.1) is 0 Å². The van der Waals surface area contributed by atoms with Gasteiger partial charge in [-0.1, -0.05) is 6.92 Å².